The number of hydrogen-bond acceptors (Lipinski definition) is 7. The minimum Gasteiger partial charge on any atom is -0.462 e. The number of imidazole rings is 1. The summed E-state index contributed by atoms with van der Waals surface area (Å²) in [5.74, 6) is -0.116. The number of likely N-dealkylation sites (tertiary alicyclic amines) is 1. The van der Waals surface area contributed by atoms with E-state index in [0.29, 0.717) is 0 Å². The van der Waals surface area contributed by atoms with Crippen LogP contribution >= 0.6 is 0 Å². The molecule has 44 heavy (non-hydrogen) atoms. The summed E-state index contributed by atoms with van der Waals surface area (Å²) in [4.78, 5) is 32.5. The lowest BCUT2D eigenvalue weighted by Crippen LogP contribution is -2.39. The highest BCUT2D eigenvalue weighted by atomic mass is 16.5. The molecule has 0 radical (unpaired) electrons. The van der Waals surface area contributed by atoms with Crippen molar-refractivity contribution in [2.45, 2.75) is 45.8 Å². The standard InChI is InChI=1S/C36H40N6O2/c1-24-6-4-8-33(41-24)35-34(39-23-40-35)28-13-14-32-30(18-28)19-31(20-38-32)27-11-9-26(10-12-27)21-42-17-5-7-29(22-42)36(43)44-25(2)15-16-37-3/h4,6,8-14,18-20,23,25,29,37H,5,7,15-17,21-22H2,1-3H3,(H,39,40)/t25?,29-/m1/s1. The van der Waals surface area contributed by atoms with Crippen molar-refractivity contribution < 1.29 is 9.53 Å². The number of nitrogens with one attached hydrogen (secondary N) is 2. The summed E-state index contributed by atoms with van der Waals surface area (Å²) < 4.78 is 5.72. The molecule has 0 saturated carbocycles. The van der Waals surface area contributed by atoms with E-state index in [0.717, 1.165) is 95.8 Å². The van der Waals surface area contributed by atoms with Crippen LogP contribution in [0.3, 0.4) is 0 Å². The summed E-state index contributed by atoms with van der Waals surface area (Å²) in [6.07, 6.45) is 6.33. The summed E-state index contributed by atoms with van der Waals surface area (Å²) in [6.45, 7) is 7.37. The molecule has 0 bridgehead atoms. The second kappa shape index (κ2) is 13.5. The van der Waals surface area contributed by atoms with Gasteiger partial charge < -0.3 is 15.0 Å². The maximum atomic E-state index is 12.8. The van der Waals surface area contributed by atoms with Gasteiger partial charge in [-0.15, -0.1) is 0 Å². The molecule has 0 aliphatic carbocycles. The van der Waals surface area contributed by atoms with Crippen LogP contribution in [-0.2, 0) is 16.1 Å². The Morgan fingerprint density at radius 2 is 1.89 bits per heavy atom. The van der Waals surface area contributed by atoms with Crippen LogP contribution in [0.1, 0.15) is 37.4 Å². The van der Waals surface area contributed by atoms with E-state index in [1.54, 1.807) is 6.33 Å². The molecule has 8 heteroatoms. The average molecular weight is 589 g/mol. The molecule has 226 valence electrons. The summed E-state index contributed by atoms with van der Waals surface area (Å²) in [7, 11) is 1.91. The zero-order chi connectivity index (χ0) is 30.5. The molecule has 2 atom stereocenters. The third kappa shape index (κ3) is 6.87. The van der Waals surface area contributed by atoms with Crippen LogP contribution < -0.4 is 5.32 Å². The molecule has 2 N–H and O–H groups in total. The number of pyridine rings is 2. The van der Waals surface area contributed by atoms with Crippen molar-refractivity contribution in [2.24, 2.45) is 5.92 Å². The summed E-state index contributed by atoms with van der Waals surface area (Å²) >= 11 is 0. The molecule has 1 fully saturated rings. The summed E-state index contributed by atoms with van der Waals surface area (Å²) in [5.41, 5.74) is 8.99. The second-order valence-electron chi connectivity index (χ2n) is 11.8. The first-order valence-corrected chi connectivity index (χ1v) is 15.5. The van der Waals surface area contributed by atoms with Crippen molar-refractivity contribution in [2.75, 3.05) is 26.7 Å². The smallest absolute Gasteiger partial charge is 0.310 e. The monoisotopic (exact) mass is 588 g/mol. The van der Waals surface area contributed by atoms with E-state index in [1.165, 1.54) is 5.56 Å². The van der Waals surface area contributed by atoms with Gasteiger partial charge in [0, 0.05) is 41.5 Å². The number of esters is 1. The van der Waals surface area contributed by atoms with Gasteiger partial charge in [-0.1, -0.05) is 36.4 Å². The largest absolute Gasteiger partial charge is 0.462 e. The highest BCUT2D eigenvalue weighted by molar-refractivity contribution is 5.89. The van der Waals surface area contributed by atoms with Gasteiger partial charge in [0.1, 0.15) is 6.10 Å². The molecular formula is C36H40N6O2. The van der Waals surface area contributed by atoms with Crippen LogP contribution in [0.2, 0.25) is 0 Å². The van der Waals surface area contributed by atoms with E-state index in [2.05, 4.69) is 67.6 Å². The number of rotatable bonds is 10. The Kier molecular flexibility index (Phi) is 9.09. The number of aryl methyl sites for hydroxylation is 1. The van der Waals surface area contributed by atoms with Crippen molar-refractivity contribution in [3.8, 4) is 33.8 Å². The molecular weight excluding hydrogens is 548 g/mol. The van der Waals surface area contributed by atoms with Gasteiger partial charge in [0.15, 0.2) is 0 Å². The van der Waals surface area contributed by atoms with Crippen molar-refractivity contribution in [1.82, 2.24) is 30.2 Å². The Morgan fingerprint density at radius 3 is 2.70 bits per heavy atom. The summed E-state index contributed by atoms with van der Waals surface area (Å²) in [6, 6.07) is 23.1. The fourth-order valence-corrected chi connectivity index (χ4v) is 5.98. The Balaban J connectivity index is 1.14. The number of hydrogen-bond donors (Lipinski definition) is 2. The SMILES string of the molecule is CNCCC(C)OC(=O)[C@@H]1CCCN(Cc2ccc(-c3cnc4ccc(-c5nc[nH]c5-c5cccc(C)n5)cc4c3)cc2)C1. The van der Waals surface area contributed by atoms with Crippen LogP contribution in [0.4, 0.5) is 0 Å². The maximum Gasteiger partial charge on any atom is 0.310 e. The van der Waals surface area contributed by atoms with Gasteiger partial charge in [-0.05, 0) is 94.7 Å². The Labute approximate surface area is 258 Å². The van der Waals surface area contributed by atoms with Crippen LogP contribution in [0, 0.1) is 12.8 Å². The molecule has 6 rings (SSSR count). The number of aromatic nitrogens is 4. The second-order valence-corrected chi connectivity index (χ2v) is 11.8. The van der Waals surface area contributed by atoms with E-state index in [-0.39, 0.29) is 18.0 Å². The van der Waals surface area contributed by atoms with Crippen molar-refractivity contribution in [3.63, 3.8) is 0 Å². The van der Waals surface area contributed by atoms with Gasteiger partial charge in [-0.2, -0.15) is 0 Å². The number of aromatic amines is 1. The van der Waals surface area contributed by atoms with Crippen molar-refractivity contribution >= 4 is 16.9 Å². The van der Waals surface area contributed by atoms with E-state index >= 15 is 0 Å². The van der Waals surface area contributed by atoms with Gasteiger partial charge in [0.2, 0.25) is 0 Å². The number of carbonyl (C=O) groups is 1. The van der Waals surface area contributed by atoms with Crippen molar-refractivity contribution in [1.29, 1.82) is 0 Å². The van der Waals surface area contributed by atoms with Crippen LogP contribution in [-0.4, -0.2) is 63.6 Å². The third-order valence-electron chi connectivity index (χ3n) is 8.39. The molecule has 8 nitrogen and oxygen atoms in total. The predicted octanol–water partition coefficient (Wildman–Crippen LogP) is 6.42. The van der Waals surface area contributed by atoms with E-state index < -0.39 is 0 Å². The lowest BCUT2D eigenvalue weighted by atomic mass is 9.97. The number of carbonyl (C=O) groups excluding carboxylic acids is 1. The lowest BCUT2D eigenvalue weighted by Gasteiger charge is -2.32. The molecule has 5 aromatic rings. The van der Waals surface area contributed by atoms with Crippen LogP contribution in [0.5, 0.6) is 0 Å². The average Bonchev–Trinajstić information content (AvgIpc) is 3.54. The molecule has 0 amide bonds. The van der Waals surface area contributed by atoms with Gasteiger partial charge in [0.05, 0.1) is 34.8 Å². The first kappa shape index (κ1) is 29.7. The van der Waals surface area contributed by atoms with Gasteiger partial charge in [-0.25, -0.2) is 4.98 Å². The van der Waals surface area contributed by atoms with Crippen LogP contribution in [0.25, 0.3) is 44.7 Å². The zero-order valence-electron chi connectivity index (χ0n) is 25.7. The highest BCUT2D eigenvalue weighted by Crippen LogP contribution is 2.31. The molecule has 1 saturated heterocycles. The molecule has 4 heterocycles. The number of nitrogens with zero attached hydrogens (tertiary/aromatic N) is 4. The molecule has 1 aliphatic heterocycles. The first-order chi connectivity index (χ1) is 21.5. The molecule has 1 unspecified atom stereocenters. The number of fused-ring (bicyclic) bond motifs is 1. The van der Waals surface area contributed by atoms with E-state index in [1.807, 2.05) is 51.4 Å². The minimum absolute atomic E-state index is 0.0563. The fourth-order valence-electron chi connectivity index (χ4n) is 5.98. The Bertz CT molecular complexity index is 1730. The van der Waals surface area contributed by atoms with Gasteiger partial charge >= 0.3 is 5.97 Å². The Hall–Kier alpha value is -4.40. The third-order valence-corrected chi connectivity index (χ3v) is 8.39. The predicted molar refractivity (Wildman–Crippen MR) is 175 cm³/mol. The van der Waals surface area contributed by atoms with Gasteiger partial charge in [-0.3, -0.25) is 19.7 Å². The van der Waals surface area contributed by atoms with Crippen molar-refractivity contribution in [3.05, 3.63) is 90.5 Å². The number of piperidine rings is 1. The molecule has 1 aliphatic rings. The number of ether oxygens (including phenoxy) is 1. The van der Waals surface area contributed by atoms with Gasteiger partial charge in [0.25, 0.3) is 0 Å². The molecule has 0 spiro atoms. The fraction of sp³-hybridized carbons (Fsp3) is 0.333. The number of benzene rings is 2. The number of H-pyrrole nitrogens is 1. The van der Waals surface area contributed by atoms with E-state index in [4.69, 9.17) is 9.72 Å². The molecule has 3 aromatic heterocycles. The van der Waals surface area contributed by atoms with Crippen LogP contribution in [0.15, 0.2) is 79.3 Å². The minimum atomic E-state index is -0.0623. The highest BCUT2D eigenvalue weighted by Gasteiger charge is 2.28. The Morgan fingerprint density at radius 1 is 1.07 bits per heavy atom. The van der Waals surface area contributed by atoms with E-state index in [9.17, 15) is 4.79 Å². The maximum absolute atomic E-state index is 12.8. The quantitative estimate of drug-likeness (QED) is 0.182. The first-order valence-electron chi connectivity index (χ1n) is 15.5. The normalized spacial score (nSPS) is 16.2. The summed E-state index contributed by atoms with van der Waals surface area (Å²) in [5, 5.41) is 4.17. The topological polar surface area (TPSA) is 96.0 Å². The lowest BCUT2D eigenvalue weighted by molar-refractivity contribution is -0.155. The molecule has 2 aromatic carbocycles. The zero-order valence-corrected chi connectivity index (χ0v) is 25.7.